The van der Waals surface area contributed by atoms with Gasteiger partial charge in [-0.3, -0.25) is 0 Å². The highest BCUT2D eigenvalue weighted by Crippen LogP contribution is 2.24. The number of aliphatic hydroxyl groups excluding tert-OH is 1. The molecule has 2 rings (SSSR count). The number of fused-ring (bicyclic) bond motifs is 1. The van der Waals surface area contributed by atoms with E-state index in [1.54, 1.807) is 0 Å². The van der Waals surface area contributed by atoms with Crippen molar-refractivity contribution in [3.05, 3.63) is 29.7 Å². The van der Waals surface area contributed by atoms with Crippen molar-refractivity contribution in [2.24, 2.45) is 5.73 Å². The molecule has 110 valence electrons. The molecule has 2 atom stereocenters. The number of rotatable bonds is 7. The molecule has 0 aliphatic heterocycles. The Kier molecular flexibility index (Phi) is 5.11. The van der Waals surface area contributed by atoms with Gasteiger partial charge in [-0.1, -0.05) is 12.5 Å². The van der Waals surface area contributed by atoms with Crippen molar-refractivity contribution in [2.75, 3.05) is 13.6 Å². The Bertz CT molecular complexity index is 553. The average molecular weight is 277 g/mol. The number of nitrogens with one attached hydrogen (secondary N) is 1. The molecule has 0 saturated heterocycles. The van der Waals surface area contributed by atoms with E-state index >= 15 is 0 Å². The topological polar surface area (TPSA) is 84.3 Å². The SMILES string of the molecule is CNCCCC[C@H](N)C(O)c1nc2cc(C)ccc2o1. The largest absolute Gasteiger partial charge is 0.438 e. The normalized spacial score (nSPS) is 14.6. The first-order valence-corrected chi connectivity index (χ1v) is 7.07. The van der Waals surface area contributed by atoms with Gasteiger partial charge in [0.15, 0.2) is 5.58 Å². The third-order valence-corrected chi connectivity index (χ3v) is 3.43. The van der Waals surface area contributed by atoms with Crippen molar-refractivity contribution >= 4 is 11.1 Å². The lowest BCUT2D eigenvalue weighted by molar-refractivity contribution is 0.113. The van der Waals surface area contributed by atoms with Crippen molar-refractivity contribution in [3.63, 3.8) is 0 Å². The van der Waals surface area contributed by atoms with Crippen LogP contribution < -0.4 is 11.1 Å². The molecule has 0 saturated carbocycles. The minimum atomic E-state index is -0.850. The molecule has 5 nitrogen and oxygen atoms in total. The predicted octanol–water partition coefficient (Wildman–Crippen LogP) is 1.89. The second-order valence-corrected chi connectivity index (χ2v) is 5.23. The molecule has 1 aromatic carbocycles. The first-order chi connectivity index (χ1) is 9.61. The van der Waals surface area contributed by atoms with Crippen molar-refractivity contribution in [1.82, 2.24) is 10.3 Å². The number of oxazole rings is 1. The van der Waals surface area contributed by atoms with E-state index in [-0.39, 0.29) is 6.04 Å². The molecule has 0 fully saturated rings. The van der Waals surface area contributed by atoms with Gasteiger partial charge in [-0.25, -0.2) is 4.98 Å². The molecule has 0 bridgehead atoms. The van der Waals surface area contributed by atoms with Crippen LogP contribution in [0.4, 0.5) is 0 Å². The fraction of sp³-hybridized carbons (Fsp3) is 0.533. The molecular formula is C15H23N3O2. The fourth-order valence-electron chi connectivity index (χ4n) is 2.20. The summed E-state index contributed by atoms with van der Waals surface area (Å²) in [4.78, 5) is 4.33. The van der Waals surface area contributed by atoms with Crippen molar-refractivity contribution in [3.8, 4) is 0 Å². The highest BCUT2D eigenvalue weighted by molar-refractivity contribution is 5.73. The molecule has 1 heterocycles. The van der Waals surface area contributed by atoms with Crippen LogP contribution in [0, 0.1) is 6.92 Å². The van der Waals surface area contributed by atoms with E-state index in [4.69, 9.17) is 10.2 Å². The zero-order chi connectivity index (χ0) is 14.5. The standard InChI is InChI=1S/C15H23N3O2/c1-10-6-7-13-12(9-10)18-15(20-13)14(19)11(16)5-3-4-8-17-2/h6-7,9,11,14,17,19H,3-5,8,16H2,1-2H3/t11-,14?/m0/s1. The van der Waals surface area contributed by atoms with Crippen LogP contribution in [0.5, 0.6) is 0 Å². The van der Waals surface area contributed by atoms with Gasteiger partial charge >= 0.3 is 0 Å². The lowest BCUT2D eigenvalue weighted by Gasteiger charge is -2.15. The van der Waals surface area contributed by atoms with Gasteiger partial charge in [0.1, 0.15) is 11.6 Å². The number of aryl methyl sites for hydroxylation is 1. The van der Waals surface area contributed by atoms with Gasteiger partial charge in [0.2, 0.25) is 5.89 Å². The Morgan fingerprint density at radius 2 is 2.20 bits per heavy atom. The highest BCUT2D eigenvalue weighted by atomic mass is 16.4. The maximum absolute atomic E-state index is 10.2. The van der Waals surface area contributed by atoms with Gasteiger partial charge in [0.05, 0.1) is 0 Å². The summed E-state index contributed by atoms with van der Waals surface area (Å²) in [5.41, 5.74) is 8.58. The summed E-state index contributed by atoms with van der Waals surface area (Å²) < 4.78 is 5.58. The molecule has 0 amide bonds. The van der Waals surface area contributed by atoms with Gasteiger partial charge in [0.25, 0.3) is 0 Å². The van der Waals surface area contributed by atoms with Crippen LogP contribution in [0.2, 0.25) is 0 Å². The lowest BCUT2D eigenvalue weighted by Crippen LogP contribution is -2.28. The quantitative estimate of drug-likeness (QED) is 0.673. The number of nitrogens with two attached hydrogens (primary N) is 1. The summed E-state index contributed by atoms with van der Waals surface area (Å²) in [5.74, 6) is 0.312. The van der Waals surface area contributed by atoms with E-state index < -0.39 is 6.10 Å². The average Bonchev–Trinajstić information content (AvgIpc) is 2.85. The van der Waals surface area contributed by atoms with E-state index in [2.05, 4.69) is 10.3 Å². The molecule has 1 unspecified atom stereocenters. The van der Waals surface area contributed by atoms with Crippen LogP contribution in [-0.4, -0.2) is 29.7 Å². The highest BCUT2D eigenvalue weighted by Gasteiger charge is 2.22. The maximum Gasteiger partial charge on any atom is 0.225 e. The maximum atomic E-state index is 10.2. The summed E-state index contributed by atoms with van der Waals surface area (Å²) in [6, 6.07) is 5.42. The first kappa shape index (κ1) is 15.0. The monoisotopic (exact) mass is 277 g/mol. The predicted molar refractivity (Wildman–Crippen MR) is 79.5 cm³/mol. The number of benzene rings is 1. The molecule has 20 heavy (non-hydrogen) atoms. The van der Waals surface area contributed by atoms with Crippen molar-refractivity contribution in [2.45, 2.75) is 38.3 Å². The van der Waals surface area contributed by atoms with Gasteiger partial charge in [-0.05, 0) is 51.1 Å². The van der Waals surface area contributed by atoms with Crippen molar-refractivity contribution in [1.29, 1.82) is 0 Å². The first-order valence-electron chi connectivity index (χ1n) is 7.07. The van der Waals surface area contributed by atoms with Gasteiger partial charge in [-0.15, -0.1) is 0 Å². The summed E-state index contributed by atoms with van der Waals surface area (Å²) in [6.45, 7) is 2.96. The van der Waals surface area contributed by atoms with Crippen LogP contribution in [-0.2, 0) is 0 Å². The lowest BCUT2D eigenvalue weighted by atomic mass is 10.0. The molecule has 0 spiro atoms. The summed E-state index contributed by atoms with van der Waals surface area (Å²) in [6.07, 6.45) is 1.92. The number of aromatic nitrogens is 1. The molecule has 0 aliphatic rings. The second kappa shape index (κ2) is 6.83. The van der Waals surface area contributed by atoms with Crippen LogP contribution in [0.1, 0.15) is 36.8 Å². The van der Waals surface area contributed by atoms with Gasteiger partial charge < -0.3 is 20.6 Å². The van der Waals surface area contributed by atoms with Crippen LogP contribution in [0.25, 0.3) is 11.1 Å². The van der Waals surface area contributed by atoms with Crippen LogP contribution in [0.3, 0.4) is 0 Å². The number of unbranched alkanes of at least 4 members (excludes halogenated alkanes) is 1. The zero-order valence-electron chi connectivity index (χ0n) is 12.1. The van der Waals surface area contributed by atoms with E-state index in [0.29, 0.717) is 11.5 Å². The Balaban J connectivity index is 2.00. The smallest absolute Gasteiger partial charge is 0.225 e. The van der Waals surface area contributed by atoms with E-state index in [9.17, 15) is 5.11 Å². The van der Waals surface area contributed by atoms with Crippen LogP contribution >= 0.6 is 0 Å². The molecule has 0 radical (unpaired) electrons. The third-order valence-electron chi connectivity index (χ3n) is 3.43. The molecule has 2 aromatic rings. The van der Waals surface area contributed by atoms with E-state index in [0.717, 1.165) is 36.9 Å². The zero-order valence-corrected chi connectivity index (χ0v) is 12.1. The molecule has 1 aromatic heterocycles. The molecule has 5 heteroatoms. The van der Waals surface area contributed by atoms with Crippen molar-refractivity contribution < 1.29 is 9.52 Å². The Morgan fingerprint density at radius 1 is 1.40 bits per heavy atom. The van der Waals surface area contributed by atoms with E-state index in [1.807, 2.05) is 32.2 Å². The number of hydrogen-bond donors (Lipinski definition) is 3. The summed E-state index contributed by atoms with van der Waals surface area (Å²) in [7, 11) is 1.93. The molecule has 4 N–H and O–H groups in total. The minimum absolute atomic E-state index is 0.312. The second-order valence-electron chi connectivity index (χ2n) is 5.23. The van der Waals surface area contributed by atoms with Gasteiger partial charge in [-0.2, -0.15) is 0 Å². The fourth-order valence-corrected chi connectivity index (χ4v) is 2.20. The Hall–Kier alpha value is -1.43. The van der Waals surface area contributed by atoms with Gasteiger partial charge in [0, 0.05) is 6.04 Å². The Labute approximate surface area is 119 Å². The number of aliphatic hydroxyl groups is 1. The summed E-state index contributed by atoms with van der Waals surface area (Å²) in [5, 5.41) is 13.3. The third kappa shape index (κ3) is 3.56. The number of hydrogen-bond acceptors (Lipinski definition) is 5. The molecule has 0 aliphatic carbocycles. The van der Waals surface area contributed by atoms with E-state index in [1.165, 1.54) is 0 Å². The van der Waals surface area contributed by atoms with Crippen LogP contribution in [0.15, 0.2) is 22.6 Å². The Morgan fingerprint density at radius 3 is 2.95 bits per heavy atom. The number of nitrogens with zero attached hydrogens (tertiary/aromatic N) is 1. The summed E-state index contributed by atoms with van der Waals surface area (Å²) >= 11 is 0. The molecular weight excluding hydrogens is 254 g/mol. The minimum Gasteiger partial charge on any atom is -0.438 e.